The Morgan fingerprint density at radius 2 is 2.19 bits per heavy atom. The summed E-state index contributed by atoms with van der Waals surface area (Å²) in [4.78, 5) is 4.25. The maximum atomic E-state index is 9.00. The lowest BCUT2D eigenvalue weighted by Gasteiger charge is -2.28. The molecule has 1 aromatic rings. The smallest absolute Gasteiger partial charge is 0.213 e. The van der Waals surface area contributed by atoms with Crippen LogP contribution in [0.4, 0.5) is 0 Å². The van der Waals surface area contributed by atoms with Crippen LogP contribution in [0.25, 0.3) is 0 Å². The first-order chi connectivity index (χ1) is 7.79. The van der Waals surface area contributed by atoms with Crippen molar-refractivity contribution >= 4 is 0 Å². The summed E-state index contributed by atoms with van der Waals surface area (Å²) in [7, 11) is 0. The highest BCUT2D eigenvalue weighted by atomic mass is 16.5. The van der Waals surface area contributed by atoms with Crippen molar-refractivity contribution in [1.82, 2.24) is 4.98 Å². The van der Waals surface area contributed by atoms with Crippen molar-refractivity contribution in [3.8, 4) is 5.88 Å². The number of rotatable bonds is 3. The number of hydrogen-bond donors (Lipinski definition) is 1. The molecule has 3 nitrogen and oxygen atoms in total. The maximum absolute atomic E-state index is 9.00. The van der Waals surface area contributed by atoms with E-state index in [9.17, 15) is 0 Å². The first kappa shape index (κ1) is 11.4. The minimum Gasteiger partial charge on any atom is -0.474 e. The molecule has 2 unspecified atom stereocenters. The van der Waals surface area contributed by atoms with Gasteiger partial charge in [-0.05, 0) is 31.2 Å². The van der Waals surface area contributed by atoms with Crippen LogP contribution in [0.5, 0.6) is 5.88 Å². The molecule has 1 N–H and O–H groups in total. The summed E-state index contributed by atoms with van der Waals surface area (Å²) in [5.74, 6) is 1.25. The lowest BCUT2D eigenvalue weighted by molar-refractivity contribution is 0.0969. The summed E-state index contributed by atoms with van der Waals surface area (Å²) < 4.78 is 5.89. The first-order valence-electron chi connectivity index (χ1n) is 6.03. The fraction of sp³-hybridized carbons (Fsp3) is 0.615. The molecular weight excluding hydrogens is 202 g/mol. The van der Waals surface area contributed by atoms with E-state index in [-0.39, 0.29) is 12.7 Å². The Morgan fingerprint density at radius 3 is 2.94 bits per heavy atom. The molecule has 1 aliphatic rings. The van der Waals surface area contributed by atoms with Gasteiger partial charge in [0.25, 0.3) is 0 Å². The van der Waals surface area contributed by atoms with Gasteiger partial charge in [0.1, 0.15) is 6.10 Å². The van der Waals surface area contributed by atoms with Crippen LogP contribution in [-0.2, 0) is 6.61 Å². The zero-order valence-corrected chi connectivity index (χ0v) is 9.72. The number of nitrogens with zero attached hydrogens (tertiary/aromatic N) is 1. The van der Waals surface area contributed by atoms with Crippen molar-refractivity contribution in [2.75, 3.05) is 0 Å². The van der Waals surface area contributed by atoms with Gasteiger partial charge in [-0.15, -0.1) is 0 Å². The Labute approximate surface area is 96.5 Å². The van der Waals surface area contributed by atoms with Gasteiger partial charge >= 0.3 is 0 Å². The summed E-state index contributed by atoms with van der Waals surface area (Å²) >= 11 is 0. The standard InChI is InChI=1S/C13H19NO2/c1-10-5-2-3-7-12(10)16-13-8-4-6-11(9-15)14-13/h4,6,8,10,12,15H,2-3,5,7,9H2,1H3. The first-order valence-corrected chi connectivity index (χ1v) is 6.03. The molecule has 3 heteroatoms. The predicted octanol–water partition coefficient (Wildman–Crippen LogP) is 2.53. The molecule has 0 aromatic carbocycles. The molecule has 1 saturated carbocycles. The minimum absolute atomic E-state index is 0.0303. The monoisotopic (exact) mass is 221 g/mol. The summed E-state index contributed by atoms with van der Waals surface area (Å²) in [6.45, 7) is 2.21. The van der Waals surface area contributed by atoms with E-state index in [0.29, 0.717) is 17.5 Å². The number of ether oxygens (including phenoxy) is 1. The Bertz CT molecular complexity index is 340. The van der Waals surface area contributed by atoms with Gasteiger partial charge in [-0.3, -0.25) is 0 Å². The minimum atomic E-state index is -0.0303. The van der Waals surface area contributed by atoms with Crippen molar-refractivity contribution < 1.29 is 9.84 Å². The summed E-state index contributed by atoms with van der Waals surface area (Å²) in [6.07, 6.45) is 5.20. The van der Waals surface area contributed by atoms with Crippen LogP contribution in [0.15, 0.2) is 18.2 Å². The van der Waals surface area contributed by atoms with E-state index in [2.05, 4.69) is 11.9 Å². The van der Waals surface area contributed by atoms with Crippen molar-refractivity contribution in [2.45, 2.75) is 45.3 Å². The van der Waals surface area contributed by atoms with Gasteiger partial charge in [-0.25, -0.2) is 4.98 Å². The van der Waals surface area contributed by atoms with Crippen LogP contribution in [0, 0.1) is 5.92 Å². The number of pyridine rings is 1. The third-order valence-corrected chi connectivity index (χ3v) is 3.25. The Balaban J connectivity index is 2.01. The fourth-order valence-electron chi connectivity index (χ4n) is 2.22. The molecular formula is C13H19NO2. The molecule has 0 bridgehead atoms. The molecule has 16 heavy (non-hydrogen) atoms. The van der Waals surface area contributed by atoms with Gasteiger partial charge in [0.15, 0.2) is 0 Å². The van der Waals surface area contributed by atoms with E-state index in [1.807, 2.05) is 12.1 Å². The van der Waals surface area contributed by atoms with Gasteiger partial charge in [-0.2, -0.15) is 0 Å². The van der Waals surface area contributed by atoms with Gasteiger partial charge in [0.2, 0.25) is 5.88 Å². The number of hydrogen-bond acceptors (Lipinski definition) is 3. The third kappa shape index (κ3) is 2.73. The van der Waals surface area contributed by atoms with Gasteiger partial charge in [0.05, 0.1) is 12.3 Å². The molecule has 1 aliphatic carbocycles. The Morgan fingerprint density at radius 1 is 1.38 bits per heavy atom. The van der Waals surface area contributed by atoms with Crippen LogP contribution < -0.4 is 4.74 Å². The molecule has 0 saturated heterocycles. The molecule has 2 atom stereocenters. The van der Waals surface area contributed by atoms with Crippen molar-refractivity contribution in [3.05, 3.63) is 23.9 Å². The predicted molar refractivity (Wildman–Crippen MR) is 62.2 cm³/mol. The zero-order valence-electron chi connectivity index (χ0n) is 9.72. The summed E-state index contributed by atoms with van der Waals surface area (Å²) in [6, 6.07) is 5.54. The molecule has 2 rings (SSSR count). The maximum Gasteiger partial charge on any atom is 0.213 e. The van der Waals surface area contributed by atoms with Crippen LogP contribution in [0.3, 0.4) is 0 Å². The Kier molecular flexibility index (Phi) is 3.78. The second kappa shape index (κ2) is 5.30. The number of aliphatic hydroxyl groups is 1. The summed E-state index contributed by atoms with van der Waals surface area (Å²) in [5.41, 5.74) is 0.668. The van der Waals surface area contributed by atoms with Crippen LogP contribution in [0.1, 0.15) is 38.3 Å². The third-order valence-electron chi connectivity index (χ3n) is 3.25. The quantitative estimate of drug-likeness (QED) is 0.852. The molecule has 0 aliphatic heterocycles. The van der Waals surface area contributed by atoms with E-state index in [0.717, 1.165) is 6.42 Å². The fourth-order valence-corrected chi connectivity index (χ4v) is 2.22. The molecule has 1 heterocycles. The molecule has 88 valence electrons. The normalized spacial score (nSPS) is 25.4. The van der Waals surface area contributed by atoms with Crippen LogP contribution in [0.2, 0.25) is 0 Å². The zero-order chi connectivity index (χ0) is 11.4. The summed E-state index contributed by atoms with van der Waals surface area (Å²) in [5, 5.41) is 9.00. The van der Waals surface area contributed by atoms with Crippen molar-refractivity contribution in [1.29, 1.82) is 0 Å². The second-order valence-electron chi connectivity index (χ2n) is 4.54. The largest absolute Gasteiger partial charge is 0.474 e. The highest BCUT2D eigenvalue weighted by molar-refractivity contribution is 5.15. The average molecular weight is 221 g/mol. The van der Waals surface area contributed by atoms with E-state index in [1.54, 1.807) is 6.07 Å². The van der Waals surface area contributed by atoms with Gasteiger partial charge in [0, 0.05) is 6.07 Å². The number of aromatic nitrogens is 1. The van der Waals surface area contributed by atoms with E-state index < -0.39 is 0 Å². The van der Waals surface area contributed by atoms with Crippen molar-refractivity contribution in [2.24, 2.45) is 5.92 Å². The molecule has 0 radical (unpaired) electrons. The second-order valence-corrected chi connectivity index (χ2v) is 4.54. The lowest BCUT2D eigenvalue weighted by atomic mass is 9.88. The lowest BCUT2D eigenvalue weighted by Crippen LogP contribution is -2.28. The molecule has 1 aromatic heterocycles. The van der Waals surface area contributed by atoms with Crippen LogP contribution in [-0.4, -0.2) is 16.2 Å². The number of aliphatic hydroxyl groups excluding tert-OH is 1. The van der Waals surface area contributed by atoms with Crippen molar-refractivity contribution in [3.63, 3.8) is 0 Å². The molecule has 0 amide bonds. The van der Waals surface area contributed by atoms with E-state index in [4.69, 9.17) is 9.84 Å². The highest BCUT2D eigenvalue weighted by Crippen LogP contribution is 2.27. The average Bonchev–Trinajstić information content (AvgIpc) is 2.32. The topological polar surface area (TPSA) is 42.4 Å². The SMILES string of the molecule is CC1CCCCC1Oc1cccc(CO)n1. The Hall–Kier alpha value is -1.09. The van der Waals surface area contributed by atoms with E-state index >= 15 is 0 Å². The van der Waals surface area contributed by atoms with Gasteiger partial charge < -0.3 is 9.84 Å². The van der Waals surface area contributed by atoms with E-state index in [1.165, 1.54) is 19.3 Å². The molecule has 1 fully saturated rings. The van der Waals surface area contributed by atoms with Gasteiger partial charge in [-0.1, -0.05) is 19.4 Å². The highest BCUT2D eigenvalue weighted by Gasteiger charge is 2.23. The van der Waals surface area contributed by atoms with Crippen LogP contribution >= 0.6 is 0 Å². The molecule has 0 spiro atoms.